The van der Waals surface area contributed by atoms with Crippen molar-refractivity contribution in [3.8, 4) is 0 Å². The molecule has 102 valence electrons. The molecule has 0 radical (unpaired) electrons. The Morgan fingerprint density at radius 2 is 2.00 bits per heavy atom. The molecule has 1 aliphatic rings. The molecular formula is C11H19N3O4. The summed E-state index contributed by atoms with van der Waals surface area (Å²) in [6, 6.07) is -1.85. The zero-order valence-electron chi connectivity index (χ0n) is 10.4. The smallest absolute Gasteiger partial charge is 0.326 e. The fourth-order valence-corrected chi connectivity index (χ4v) is 2.01. The van der Waals surface area contributed by atoms with Crippen LogP contribution in [0.3, 0.4) is 0 Å². The molecule has 7 nitrogen and oxygen atoms in total. The summed E-state index contributed by atoms with van der Waals surface area (Å²) < 4.78 is 0. The molecule has 0 aromatic rings. The molecule has 0 spiro atoms. The third kappa shape index (κ3) is 3.61. The summed E-state index contributed by atoms with van der Waals surface area (Å²) in [7, 11) is 0. The number of carboxylic acids is 1. The van der Waals surface area contributed by atoms with Crippen LogP contribution >= 0.6 is 0 Å². The predicted molar refractivity (Wildman–Crippen MR) is 63.8 cm³/mol. The van der Waals surface area contributed by atoms with Gasteiger partial charge >= 0.3 is 12.0 Å². The maximum Gasteiger partial charge on any atom is 0.326 e. The average molecular weight is 257 g/mol. The predicted octanol–water partition coefficient (Wildman–Crippen LogP) is -0.0531. The van der Waals surface area contributed by atoms with Crippen molar-refractivity contribution in [1.29, 1.82) is 0 Å². The number of rotatable bonds is 6. The van der Waals surface area contributed by atoms with Gasteiger partial charge in [0.05, 0.1) is 6.42 Å². The lowest BCUT2D eigenvalue weighted by molar-refractivity contribution is -0.140. The van der Waals surface area contributed by atoms with Crippen LogP contribution in [0.4, 0.5) is 4.79 Å². The molecule has 5 N–H and O–H groups in total. The van der Waals surface area contributed by atoms with Gasteiger partial charge in [-0.3, -0.25) is 4.79 Å². The number of aliphatic carboxylic acids is 1. The van der Waals surface area contributed by atoms with E-state index < -0.39 is 30.4 Å². The van der Waals surface area contributed by atoms with Crippen LogP contribution in [0.25, 0.3) is 0 Å². The van der Waals surface area contributed by atoms with E-state index in [2.05, 4.69) is 10.6 Å². The van der Waals surface area contributed by atoms with E-state index in [1.807, 2.05) is 6.92 Å². The number of carbonyl (C=O) groups is 3. The van der Waals surface area contributed by atoms with Crippen molar-refractivity contribution >= 4 is 17.9 Å². The Hall–Kier alpha value is -1.79. The van der Waals surface area contributed by atoms with Gasteiger partial charge in [0.1, 0.15) is 6.04 Å². The Kier molecular flexibility index (Phi) is 4.52. The molecule has 0 unspecified atom stereocenters. The fraction of sp³-hybridized carbons (Fsp3) is 0.727. The Labute approximate surface area is 105 Å². The molecule has 0 heterocycles. The van der Waals surface area contributed by atoms with Crippen molar-refractivity contribution in [1.82, 2.24) is 10.6 Å². The highest BCUT2D eigenvalue weighted by atomic mass is 16.4. The van der Waals surface area contributed by atoms with Gasteiger partial charge in [0, 0.05) is 5.54 Å². The Bertz CT molecular complexity index is 347. The van der Waals surface area contributed by atoms with Gasteiger partial charge in [-0.1, -0.05) is 6.92 Å². The Balaban J connectivity index is 2.50. The fourth-order valence-electron chi connectivity index (χ4n) is 2.01. The number of amides is 3. The van der Waals surface area contributed by atoms with Crippen molar-refractivity contribution in [3.05, 3.63) is 0 Å². The van der Waals surface area contributed by atoms with E-state index in [0.717, 1.165) is 25.7 Å². The van der Waals surface area contributed by atoms with Gasteiger partial charge in [0.25, 0.3) is 0 Å². The first-order chi connectivity index (χ1) is 8.38. The van der Waals surface area contributed by atoms with E-state index in [-0.39, 0.29) is 5.54 Å². The summed E-state index contributed by atoms with van der Waals surface area (Å²) in [5.41, 5.74) is 4.70. The summed E-state index contributed by atoms with van der Waals surface area (Å²) >= 11 is 0. The van der Waals surface area contributed by atoms with Crippen LogP contribution < -0.4 is 16.4 Å². The van der Waals surface area contributed by atoms with Crippen LogP contribution in [0.1, 0.15) is 39.0 Å². The normalized spacial score (nSPS) is 18.3. The number of hydrogen-bond donors (Lipinski definition) is 4. The third-order valence-corrected chi connectivity index (χ3v) is 3.37. The van der Waals surface area contributed by atoms with Crippen LogP contribution in [0.15, 0.2) is 0 Å². The second-order valence-corrected chi connectivity index (χ2v) is 4.65. The molecule has 1 aliphatic carbocycles. The molecule has 18 heavy (non-hydrogen) atoms. The lowest BCUT2D eigenvalue weighted by Gasteiger charge is -2.42. The van der Waals surface area contributed by atoms with Crippen molar-refractivity contribution < 1.29 is 19.5 Å². The second kappa shape index (κ2) is 5.70. The zero-order chi connectivity index (χ0) is 13.8. The number of nitrogens with one attached hydrogen (secondary N) is 2. The first-order valence-electron chi connectivity index (χ1n) is 5.98. The van der Waals surface area contributed by atoms with Crippen LogP contribution in [0.5, 0.6) is 0 Å². The lowest BCUT2D eigenvalue weighted by atomic mass is 9.75. The largest absolute Gasteiger partial charge is 0.480 e. The SMILES string of the molecule is CCC1(NC(=O)N[C@@H](CC(N)=O)C(=O)O)CCC1. The average Bonchev–Trinajstić information content (AvgIpc) is 2.21. The highest BCUT2D eigenvalue weighted by Gasteiger charge is 2.37. The number of primary amides is 1. The molecule has 1 rings (SSSR count). The first kappa shape index (κ1) is 14.3. The molecule has 3 amide bonds. The minimum atomic E-state index is -1.28. The molecule has 1 atom stereocenters. The molecule has 0 aromatic carbocycles. The van der Waals surface area contributed by atoms with Crippen molar-refractivity contribution in [2.24, 2.45) is 5.73 Å². The summed E-state index contributed by atoms with van der Waals surface area (Å²) in [6.45, 7) is 1.97. The summed E-state index contributed by atoms with van der Waals surface area (Å²) in [5, 5.41) is 13.9. The van der Waals surface area contributed by atoms with E-state index in [1.165, 1.54) is 0 Å². The maximum absolute atomic E-state index is 11.7. The molecule has 1 fully saturated rings. The van der Waals surface area contributed by atoms with Crippen LogP contribution in [0, 0.1) is 0 Å². The van der Waals surface area contributed by atoms with Crippen molar-refractivity contribution in [2.45, 2.75) is 50.6 Å². The highest BCUT2D eigenvalue weighted by Crippen LogP contribution is 2.34. The van der Waals surface area contributed by atoms with Gasteiger partial charge in [0.2, 0.25) is 5.91 Å². The molecule has 0 aliphatic heterocycles. The number of carboxylic acid groups (broad SMARTS) is 1. The topological polar surface area (TPSA) is 122 Å². The molecule has 0 bridgehead atoms. The molecular weight excluding hydrogens is 238 g/mol. The summed E-state index contributed by atoms with van der Waals surface area (Å²) in [6.07, 6.45) is 3.22. The van der Waals surface area contributed by atoms with E-state index in [1.54, 1.807) is 0 Å². The van der Waals surface area contributed by atoms with E-state index in [0.29, 0.717) is 0 Å². The van der Waals surface area contributed by atoms with Crippen molar-refractivity contribution in [2.75, 3.05) is 0 Å². The number of nitrogens with two attached hydrogens (primary N) is 1. The van der Waals surface area contributed by atoms with Gasteiger partial charge in [-0.15, -0.1) is 0 Å². The van der Waals surface area contributed by atoms with E-state index >= 15 is 0 Å². The Morgan fingerprint density at radius 1 is 1.39 bits per heavy atom. The van der Waals surface area contributed by atoms with Crippen molar-refractivity contribution in [3.63, 3.8) is 0 Å². The molecule has 0 aromatic heterocycles. The Morgan fingerprint density at radius 3 is 2.33 bits per heavy atom. The highest BCUT2D eigenvalue weighted by molar-refractivity contribution is 5.87. The monoisotopic (exact) mass is 257 g/mol. The number of urea groups is 1. The van der Waals surface area contributed by atoms with Gasteiger partial charge < -0.3 is 21.5 Å². The quantitative estimate of drug-likeness (QED) is 0.532. The molecule has 1 saturated carbocycles. The zero-order valence-corrected chi connectivity index (χ0v) is 10.4. The van der Waals surface area contributed by atoms with E-state index in [9.17, 15) is 14.4 Å². The third-order valence-electron chi connectivity index (χ3n) is 3.37. The van der Waals surface area contributed by atoms with Crippen LogP contribution in [-0.4, -0.2) is 34.6 Å². The standard InChI is InChI=1S/C11H19N3O4/c1-2-11(4-3-5-11)14-10(18)13-7(9(16)17)6-8(12)15/h7H,2-6H2,1H3,(H2,12,15)(H,16,17)(H2,13,14,18)/t7-/m0/s1. The maximum atomic E-state index is 11.7. The summed E-state index contributed by atoms with van der Waals surface area (Å²) in [4.78, 5) is 33.2. The first-order valence-corrected chi connectivity index (χ1v) is 5.98. The lowest BCUT2D eigenvalue weighted by Crippen LogP contribution is -2.58. The van der Waals surface area contributed by atoms with Gasteiger partial charge in [0.15, 0.2) is 0 Å². The van der Waals surface area contributed by atoms with Gasteiger partial charge in [-0.05, 0) is 25.7 Å². The van der Waals surface area contributed by atoms with Crippen LogP contribution in [-0.2, 0) is 9.59 Å². The van der Waals surface area contributed by atoms with Gasteiger partial charge in [-0.25, -0.2) is 9.59 Å². The molecule has 7 heteroatoms. The minimum absolute atomic E-state index is 0.222. The van der Waals surface area contributed by atoms with Gasteiger partial charge in [-0.2, -0.15) is 0 Å². The van der Waals surface area contributed by atoms with E-state index in [4.69, 9.17) is 10.8 Å². The number of hydrogen-bond acceptors (Lipinski definition) is 3. The second-order valence-electron chi connectivity index (χ2n) is 4.65. The summed E-state index contributed by atoms with van der Waals surface area (Å²) in [5.74, 6) is -2.04. The van der Waals surface area contributed by atoms with Crippen LogP contribution in [0.2, 0.25) is 0 Å². The minimum Gasteiger partial charge on any atom is -0.480 e. The molecule has 0 saturated heterocycles. The number of carbonyl (C=O) groups excluding carboxylic acids is 2.